The van der Waals surface area contributed by atoms with Crippen LogP contribution in [0.5, 0.6) is 0 Å². The number of benzene rings is 1. The molecular formula is C11H16N2O2. The summed E-state index contributed by atoms with van der Waals surface area (Å²) in [7, 11) is 0. The number of nitrogens with zero attached hydrogens (tertiary/aromatic N) is 1. The van der Waals surface area contributed by atoms with E-state index in [9.17, 15) is 0 Å². The minimum absolute atomic E-state index is 0.480. The zero-order chi connectivity index (χ0) is 10.5. The van der Waals surface area contributed by atoms with E-state index in [-0.39, 0.29) is 0 Å². The number of ether oxygens (including phenoxy) is 1. The Morgan fingerprint density at radius 2 is 2.00 bits per heavy atom. The molecule has 2 rings (SSSR count). The molecule has 0 amide bonds. The molecule has 1 aromatic carbocycles. The van der Waals surface area contributed by atoms with Crippen LogP contribution in [0, 0.1) is 0 Å². The number of para-hydroxylation sites is 1. The maximum Gasteiger partial charge on any atom is 0.0642 e. The van der Waals surface area contributed by atoms with Crippen LogP contribution in [0.4, 0.5) is 5.69 Å². The Morgan fingerprint density at radius 3 is 2.73 bits per heavy atom. The average Bonchev–Trinajstić information content (AvgIpc) is 2.31. The Labute approximate surface area is 89.4 Å². The first kappa shape index (κ1) is 10.4. The van der Waals surface area contributed by atoms with Crippen molar-refractivity contribution >= 4 is 5.69 Å². The molecule has 4 heteroatoms. The third-order valence-electron chi connectivity index (χ3n) is 2.61. The van der Waals surface area contributed by atoms with E-state index in [1.54, 1.807) is 0 Å². The van der Waals surface area contributed by atoms with Crippen molar-refractivity contribution in [1.82, 2.24) is 5.48 Å². The van der Waals surface area contributed by atoms with Crippen molar-refractivity contribution in [2.24, 2.45) is 0 Å². The minimum atomic E-state index is 0.480. The highest BCUT2D eigenvalue weighted by Crippen LogP contribution is 2.20. The van der Waals surface area contributed by atoms with Crippen molar-refractivity contribution in [2.45, 2.75) is 6.54 Å². The van der Waals surface area contributed by atoms with Gasteiger partial charge in [0.25, 0.3) is 0 Å². The topological polar surface area (TPSA) is 44.7 Å². The van der Waals surface area contributed by atoms with Gasteiger partial charge in [-0.05, 0) is 11.6 Å². The van der Waals surface area contributed by atoms with Crippen LogP contribution in [0.1, 0.15) is 5.56 Å². The number of rotatable bonds is 3. The Bertz CT molecular complexity index is 311. The summed E-state index contributed by atoms with van der Waals surface area (Å²) in [6, 6.07) is 8.11. The number of anilines is 1. The number of hydrogen-bond acceptors (Lipinski definition) is 4. The Balaban J connectivity index is 2.17. The van der Waals surface area contributed by atoms with Crippen LogP contribution in [0.2, 0.25) is 0 Å². The minimum Gasteiger partial charge on any atom is -0.378 e. The van der Waals surface area contributed by atoms with Crippen LogP contribution < -0.4 is 10.4 Å². The fraction of sp³-hybridized carbons (Fsp3) is 0.455. The first-order valence-electron chi connectivity index (χ1n) is 5.19. The monoisotopic (exact) mass is 208 g/mol. The average molecular weight is 208 g/mol. The molecule has 1 aliphatic heterocycles. The lowest BCUT2D eigenvalue weighted by atomic mass is 10.1. The smallest absolute Gasteiger partial charge is 0.0642 e. The van der Waals surface area contributed by atoms with Gasteiger partial charge in [0.2, 0.25) is 0 Å². The molecule has 0 unspecified atom stereocenters. The summed E-state index contributed by atoms with van der Waals surface area (Å²) in [4.78, 5) is 2.29. The normalized spacial score (nSPS) is 16.7. The van der Waals surface area contributed by atoms with E-state index in [0.717, 1.165) is 31.9 Å². The summed E-state index contributed by atoms with van der Waals surface area (Å²) >= 11 is 0. The molecule has 1 heterocycles. The van der Waals surface area contributed by atoms with Crippen LogP contribution in [0.3, 0.4) is 0 Å². The summed E-state index contributed by atoms with van der Waals surface area (Å²) < 4.78 is 5.31. The SMILES string of the molecule is ONCc1ccccc1N1CCOCC1. The van der Waals surface area contributed by atoms with Gasteiger partial charge < -0.3 is 14.8 Å². The molecule has 2 N–H and O–H groups in total. The van der Waals surface area contributed by atoms with Crippen molar-refractivity contribution in [3.05, 3.63) is 29.8 Å². The molecule has 0 saturated carbocycles. The zero-order valence-electron chi connectivity index (χ0n) is 8.65. The quantitative estimate of drug-likeness (QED) is 0.727. The van der Waals surface area contributed by atoms with Crippen LogP contribution >= 0.6 is 0 Å². The van der Waals surface area contributed by atoms with Crippen molar-refractivity contribution in [3.63, 3.8) is 0 Å². The van der Waals surface area contributed by atoms with Gasteiger partial charge in [-0.1, -0.05) is 18.2 Å². The fourth-order valence-electron chi connectivity index (χ4n) is 1.86. The summed E-state index contributed by atoms with van der Waals surface area (Å²) in [5.41, 5.74) is 4.50. The first-order chi connectivity index (χ1) is 7.42. The highest BCUT2D eigenvalue weighted by molar-refractivity contribution is 5.53. The second kappa shape index (κ2) is 5.11. The molecule has 1 fully saturated rings. The van der Waals surface area contributed by atoms with Gasteiger partial charge in [0.15, 0.2) is 0 Å². The predicted molar refractivity (Wildman–Crippen MR) is 58.1 cm³/mol. The molecule has 4 nitrogen and oxygen atoms in total. The van der Waals surface area contributed by atoms with Gasteiger partial charge in [0.05, 0.1) is 13.2 Å². The van der Waals surface area contributed by atoms with Gasteiger partial charge in [0, 0.05) is 25.3 Å². The lowest BCUT2D eigenvalue weighted by molar-refractivity contribution is 0.122. The molecule has 0 bridgehead atoms. The Hall–Kier alpha value is -1.10. The van der Waals surface area contributed by atoms with Crippen LogP contribution in [0.15, 0.2) is 24.3 Å². The van der Waals surface area contributed by atoms with E-state index in [1.807, 2.05) is 18.2 Å². The summed E-state index contributed by atoms with van der Waals surface area (Å²) in [5, 5.41) is 8.75. The predicted octanol–water partition coefficient (Wildman–Crippen LogP) is 1.00. The summed E-state index contributed by atoms with van der Waals surface area (Å²) in [6.07, 6.45) is 0. The summed E-state index contributed by atoms with van der Waals surface area (Å²) in [6.45, 7) is 3.88. The van der Waals surface area contributed by atoms with E-state index < -0.39 is 0 Å². The van der Waals surface area contributed by atoms with E-state index in [0.29, 0.717) is 6.54 Å². The van der Waals surface area contributed by atoms with Gasteiger partial charge in [0.1, 0.15) is 0 Å². The molecular weight excluding hydrogens is 192 g/mol. The van der Waals surface area contributed by atoms with Gasteiger partial charge in [-0.25, -0.2) is 5.48 Å². The third kappa shape index (κ3) is 2.47. The van der Waals surface area contributed by atoms with Gasteiger partial charge in [-0.3, -0.25) is 0 Å². The van der Waals surface area contributed by atoms with E-state index in [2.05, 4.69) is 16.4 Å². The maximum atomic E-state index is 8.75. The van der Waals surface area contributed by atoms with Gasteiger partial charge in [-0.2, -0.15) is 0 Å². The van der Waals surface area contributed by atoms with Crippen LogP contribution in [-0.4, -0.2) is 31.5 Å². The summed E-state index contributed by atoms with van der Waals surface area (Å²) in [5.74, 6) is 0. The number of hydrogen-bond donors (Lipinski definition) is 2. The van der Waals surface area contributed by atoms with Crippen LogP contribution in [-0.2, 0) is 11.3 Å². The van der Waals surface area contributed by atoms with Crippen molar-refractivity contribution in [2.75, 3.05) is 31.2 Å². The Morgan fingerprint density at radius 1 is 1.27 bits per heavy atom. The van der Waals surface area contributed by atoms with Crippen LogP contribution in [0.25, 0.3) is 0 Å². The first-order valence-corrected chi connectivity index (χ1v) is 5.19. The lowest BCUT2D eigenvalue weighted by Crippen LogP contribution is -2.37. The maximum absolute atomic E-state index is 8.75. The highest BCUT2D eigenvalue weighted by atomic mass is 16.5. The molecule has 0 aromatic heterocycles. The number of nitrogens with one attached hydrogen (secondary N) is 1. The second-order valence-electron chi connectivity index (χ2n) is 3.56. The number of hydroxylamine groups is 1. The largest absolute Gasteiger partial charge is 0.378 e. The van der Waals surface area contributed by atoms with Crippen molar-refractivity contribution in [1.29, 1.82) is 0 Å². The Kier molecular flexibility index (Phi) is 3.55. The van der Waals surface area contributed by atoms with Gasteiger partial charge in [-0.15, -0.1) is 0 Å². The molecule has 0 radical (unpaired) electrons. The van der Waals surface area contributed by atoms with E-state index in [4.69, 9.17) is 9.94 Å². The molecule has 1 aromatic rings. The zero-order valence-corrected chi connectivity index (χ0v) is 8.65. The van der Waals surface area contributed by atoms with Crippen molar-refractivity contribution in [3.8, 4) is 0 Å². The van der Waals surface area contributed by atoms with E-state index >= 15 is 0 Å². The third-order valence-corrected chi connectivity index (χ3v) is 2.61. The molecule has 0 spiro atoms. The van der Waals surface area contributed by atoms with Gasteiger partial charge >= 0.3 is 0 Å². The number of morpholine rings is 1. The van der Waals surface area contributed by atoms with E-state index in [1.165, 1.54) is 5.69 Å². The molecule has 82 valence electrons. The highest BCUT2D eigenvalue weighted by Gasteiger charge is 2.13. The lowest BCUT2D eigenvalue weighted by Gasteiger charge is -2.30. The molecule has 15 heavy (non-hydrogen) atoms. The second-order valence-corrected chi connectivity index (χ2v) is 3.56. The fourth-order valence-corrected chi connectivity index (χ4v) is 1.86. The molecule has 1 saturated heterocycles. The molecule has 0 atom stereocenters. The standard InChI is InChI=1S/C11H16N2O2/c14-12-9-10-3-1-2-4-11(10)13-5-7-15-8-6-13/h1-4,12,14H,5-9H2. The van der Waals surface area contributed by atoms with Crippen molar-refractivity contribution < 1.29 is 9.94 Å². The molecule has 1 aliphatic rings. The molecule has 0 aliphatic carbocycles.